The van der Waals surface area contributed by atoms with Crippen LogP contribution in [0.4, 0.5) is 0 Å². The standard InChI is InChI=1S/C45H29N3S.C42H23N3OS.C42H23N3S2/c1-45(2)35-20-9-7-17-32(35)40-43(45)47-44(41(46-40)33-19-11-18-31-30-16-8-10-21-38(30)49-42(31)33)48-36-23-22-26-12-5-6-15-29(26)39(36)34-24-27-13-3-4-14-28(27)25-37(34)48;1-2-12-26-23-34-33(22-25(26)11-1)29-21-20-24-10-3-4-13-27(24)39(29)45(34)41-37(43-38-31-15-5-7-18-35(31)46-42(38)44-41)32-17-9-16-30-28-14-6-8-19-36(28)47-40(30)32;1-2-12-26-23-34-32(22-25(26)11-1)37-27-13-4-3-10-24(27)20-21-33(37)45(34)41-38(43-39-30-15-6-8-19-36(30)47-42(39)44-41)31-17-9-16-29-28-14-5-7-18-35(28)46-40(29)31/h3-25H,1-2H3;2*1-23H. The van der Waals surface area contributed by atoms with Gasteiger partial charge in [0.05, 0.1) is 44.5 Å². The van der Waals surface area contributed by atoms with Crippen molar-refractivity contribution in [2.45, 2.75) is 19.3 Å². The summed E-state index contributed by atoms with van der Waals surface area (Å²) in [6, 6.07) is 151. The molecule has 11 heterocycles. The molecule has 143 heavy (non-hydrogen) atoms. The monoisotopic (exact) mass is 1890 g/mol. The van der Waals surface area contributed by atoms with Crippen molar-refractivity contribution in [3.8, 4) is 62.5 Å². The number of aromatic nitrogens is 9. The largest absolute Gasteiger partial charge is 0.436 e. The first-order chi connectivity index (χ1) is 70.7. The molecule has 0 fully saturated rings. The summed E-state index contributed by atoms with van der Waals surface area (Å²) in [7, 11) is 0. The molecule has 1 aliphatic carbocycles. The van der Waals surface area contributed by atoms with Crippen LogP contribution in [0.3, 0.4) is 0 Å². The fraction of sp³-hybridized carbons (Fsp3) is 0.0233. The Kier molecular flexibility index (Phi) is 17.3. The minimum atomic E-state index is -0.298. The molecule has 0 saturated heterocycles. The third-order valence-electron chi connectivity index (χ3n) is 29.9. The van der Waals surface area contributed by atoms with Crippen LogP contribution < -0.4 is 0 Å². The highest BCUT2D eigenvalue weighted by Crippen LogP contribution is 2.54. The van der Waals surface area contributed by atoms with Crippen molar-refractivity contribution in [3.05, 3.63) is 430 Å². The molecule has 1 aliphatic rings. The Balaban J connectivity index is 0.0000000981. The lowest BCUT2D eigenvalue weighted by Gasteiger charge is -2.22. The molecule has 0 atom stereocenters. The van der Waals surface area contributed by atoms with Gasteiger partial charge in [-0.1, -0.05) is 347 Å². The summed E-state index contributed by atoms with van der Waals surface area (Å²) in [5.41, 5.74) is 19.9. The van der Waals surface area contributed by atoms with Crippen molar-refractivity contribution in [3.63, 3.8) is 0 Å². The average molecular weight is 1900 g/mol. The lowest BCUT2D eigenvalue weighted by atomic mass is 9.85. The second-order valence-corrected chi connectivity index (χ2v) is 42.3. The highest BCUT2D eigenvalue weighted by Gasteiger charge is 2.41. The molecule has 0 bridgehead atoms. The summed E-state index contributed by atoms with van der Waals surface area (Å²) < 4.78 is 22.2. The molecular formula is C129H75N9OS4. The molecule has 0 amide bonds. The van der Waals surface area contributed by atoms with Gasteiger partial charge in [-0.25, -0.2) is 24.9 Å². The zero-order valence-corrected chi connectivity index (χ0v) is 80.2. The van der Waals surface area contributed by atoms with Gasteiger partial charge in [0.15, 0.2) is 17.5 Å². The molecule has 33 rings (SSSR count). The first-order valence-electron chi connectivity index (χ1n) is 48.3. The number of para-hydroxylation sites is 1. The summed E-state index contributed by atoms with van der Waals surface area (Å²) >= 11 is 7.21. The van der Waals surface area contributed by atoms with Crippen LogP contribution in [0, 0.1) is 0 Å². The van der Waals surface area contributed by atoms with Crippen LogP contribution in [0.1, 0.15) is 25.1 Å². The number of fused-ring (bicyclic) bond motifs is 36. The molecule has 11 aromatic heterocycles. The molecule has 0 unspecified atom stereocenters. The minimum Gasteiger partial charge on any atom is -0.436 e. The van der Waals surface area contributed by atoms with Gasteiger partial charge in [-0.05, 0) is 150 Å². The Hall–Kier alpha value is -17.5. The third kappa shape index (κ3) is 11.9. The van der Waals surface area contributed by atoms with Crippen LogP contribution >= 0.6 is 45.3 Å². The van der Waals surface area contributed by atoms with E-state index in [0.29, 0.717) is 5.71 Å². The number of thiophene rings is 4. The predicted octanol–water partition coefficient (Wildman–Crippen LogP) is 36.3. The highest BCUT2D eigenvalue weighted by atomic mass is 32.1. The molecule has 10 nitrogen and oxygen atoms in total. The van der Waals surface area contributed by atoms with Gasteiger partial charge < -0.3 is 4.42 Å². The van der Waals surface area contributed by atoms with E-state index < -0.39 is 0 Å². The number of nitrogens with zero attached hydrogens (tertiary/aromatic N) is 9. The van der Waals surface area contributed by atoms with Crippen LogP contribution in [0.5, 0.6) is 0 Å². The number of furan rings is 1. The summed E-state index contributed by atoms with van der Waals surface area (Å²) in [5.74, 6) is 2.49. The van der Waals surface area contributed by atoms with Gasteiger partial charge in [0.1, 0.15) is 38.5 Å². The second kappa shape index (κ2) is 30.8. The van der Waals surface area contributed by atoms with Gasteiger partial charge in [-0.15, -0.1) is 45.3 Å². The lowest BCUT2D eigenvalue weighted by molar-refractivity contribution is 0.633. The van der Waals surface area contributed by atoms with Crippen LogP contribution in [0.2, 0.25) is 0 Å². The van der Waals surface area contributed by atoms with E-state index in [1.807, 2.05) is 52.2 Å². The number of rotatable bonds is 6. The predicted molar refractivity (Wildman–Crippen MR) is 607 cm³/mol. The lowest BCUT2D eigenvalue weighted by Crippen LogP contribution is -2.18. The van der Waals surface area contributed by atoms with Crippen LogP contribution in [-0.2, 0) is 5.41 Å². The van der Waals surface area contributed by atoms with Gasteiger partial charge in [0, 0.05) is 141 Å². The maximum Gasteiger partial charge on any atom is 0.248 e. The Bertz CT molecular complexity index is 11200. The smallest absolute Gasteiger partial charge is 0.248 e. The van der Waals surface area contributed by atoms with Gasteiger partial charge >= 0.3 is 0 Å². The van der Waals surface area contributed by atoms with E-state index in [2.05, 4.69) is 428 Å². The zero-order chi connectivity index (χ0) is 93.7. The van der Waals surface area contributed by atoms with E-state index in [-0.39, 0.29) is 5.41 Å². The molecule has 0 aliphatic heterocycles. The molecule has 32 aromatic rings. The van der Waals surface area contributed by atoms with E-state index in [4.69, 9.17) is 34.3 Å². The number of hydrogen-bond acceptors (Lipinski definition) is 11. The van der Waals surface area contributed by atoms with Crippen molar-refractivity contribution in [2.75, 3.05) is 0 Å². The molecule has 21 aromatic carbocycles. The molecule has 666 valence electrons. The minimum absolute atomic E-state index is 0.298. The van der Waals surface area contributed by atoms with Gasteiger partial charge in [-0.3, -0.25) is 13.7 Å². The maximum absolute atomic E-state index is 6.42. The summed E-state index contributed by atoms with van der Waals surface area (Å²) in [5, 5.41) is 31.5. The van der Waals surface area contributed by atoms with Crippen LogP contribution in [0.25, 0.3) is 296 Å². The fourth-order valence-electron chi connectivity index (χ4n) is 23.3. The Morgan fingerprint density at radius 3 is 1.13 bits per heavy atom. The van der Waals surface area contributed by atoms with Crippen molar-refractivity contribution in [1.29, 1.82) is 0 Å². The zero-order valence-electron chi connectivity index (χ0n) is 76.9. The Morgan fingerprint density at radius 1 is 0.231 bits per heavy atom. The second-order valence-electron chi connectivity index (χ2n) is 38.1. The van der Waals surface area contributed by atoms with E-state index >= 15 is 0 Å². The van der Waals surface area contributed by atoms with Crippen molar-refractivity contribution >= 4 is 279 Å². The first kappa shape index (κ1) is 80.4. The van der Waals surface area contributed by atoms with E-state index in [0.717, 1.165) is 128 Å². The number of hydrogen-bond donors (Lipinski definition) is 0. The molecule has 0 spiro atoms. The maximum atomic E-state index is 6.42. The molecule has 0 N–H and O–H groups in total. The summed E-state index contributed by atoms with van der Waals surface area (Å²) in [6.07, 6.45) is 0. The van der Waals surface area contributed by atoms with E-state index in [1.54, 1.807) is 11.3 Å². The van der Waals surface area contributed by atoms with Crippen molar-refractivity contribution in [1.82, 2.24) is 43.6 Å². The van der Waals surface area contributed by atoms with Gasteiger partial charge in [0.25, 0.3) is 0 Å². The van der Waals surface area contributed by atoms with Gasteiger partial charge in [-0.2, -0.15) is 4.98 Å². The van der Waals surface area contributed by atoms with Crippen molar-refractivity contribution in [2.24, 2.45) is 0 Å². The van der Waals surface area contributed by atoms with Crippen molar-refractivity contribution < 1.29 is 4.42 Å². The Labute approximate surface area is 831 Å². The van der Waals surface area contributed by atoms with E-state index in [1.165, 1.54) is 173 Å². The summed E-state index contributed by atoms with van der Waals surface area (Å²) in [4.78, 5) is 34.5. The molecular weight excluding hydrogens is 1820 g/mol. The average Bonchev–Trinajstić information content (AvgIpc) is 1.56. The topological polar surface area (TPSA) is 105 Å². The molecule has 14 heteroatoms. The quantitative estimate of drug-likeness (QED) is 0.163. The first-order valence-corrected chi connectivity index (χ1v) is 51.6. The SMILES string of the molecule is CC1(C)c2ccccc2-c2nc(-c3cccc4c3sc3ccccc34)c(-n3c4cc5ccccc5cc4c4c5ccccc5ccc43)nc21.c1ccc2cc3c(cc2c1)c1c2ccccc2ccc1n3-c1nc2sc3ccccc3c2nc1-c1cccc2c1sc1ccccc12.c1ccc2cc3c(cc2c1)c1ccc2ccccc2c1n3-c1nc2oc3ccccc3c2nc1-c1cccc2c1sc1ccccc12. The van der Waals surface area contributed by atoms with Crippen LogP contribution in [-0.4, -0.2) is 43.6 Å². The Morgan fingerprint density at radius 2 is 0.601 bits per heavy atom. The normalized spacial score (nSPS) is 12.7. The van der Waals surface area contributed by atoms with E-state index in [9.17, 15) is 0 Å². The number of benzene rings is 21. The van der Waals surface area contributed by atoms with Gasteiger partial charge in [0.2, 0.25) is 5.71 Å². The van der Waals surface area contributed by atoms with Crippen LogP contribution in [0.15, 0.2) is 423 Å². The summed E-state index contributed by atoms with van der Waals surface area (Å²) in [6.45, 7) is 4.57. The molecule has 0 radical (unpaired) electrons. The molecule has 0 saturated carbocycles. The highest BCUT2D eigenvalue weighted by molar-refractivity contribution is 7.27. The third-order valence-corrected chi connectivity index (χ3v) is 34.6. The fourth-order valence-corrected chi connectivity index (χ4v) is 28.0.